The molecule has 2 aromatic heterocycles. The molecule has 0 saturated carbocycles. The molecule has 282 valence electrons. The molecule has 15 heteroatoms. The van der Waals surface area contributed by atoms with Crippen LogP contribution in [-0.2, 0) is 24.7 Å². The zero-order chi connectivity index (χ0) is 40.1. The van der Waals surface area contributed by atoms with Gasteiger partial charge in [0.25, 0.3) is 0 Å². The molecule has 6 aromatic carbocycles. The standard InChI is InChI=1S/C41H19F12N3/c42-38(43,44)22-12-14-26-24-6-1-3-10-31(24)55(35(26)18-22)33-16-21(37-29(40(48,49)50)8-5-9-30(37)41(51,52)53)17-34(28(33)20-54)56-32-11-4-2-7-25(32)27-15-13-23(19-36(27)56)39(45,46)47/h1-19H. The number of nitriles is 1. The molecule has 0 aliphatic carbocycles. The van der Waals surface area contributed by atoms with E-state index in [0.29, 0.717) is 29.0 Å². The third-order valence-electron chi connectivity index (χ3n) is 9.66. The molecule has 8 rings (SSSR count). The molecule has 56 heavy (non-hydrogen) atoms. The summed E-state index contributed by atoms with van der Waals surface area (Å²) in [5.41, 5.74) is -9.39. The van der Waals surface area contributed by atoms with E-state index in [2.05, 4.69) is 0 Å². The molecule has 2 heterocycles. The molecule has 0 aliphatic heterocycles. The van der Waals surface area contributed by atoms with Crippen LogP contribution in [0.1, 0.15) is 27.8 Å². The van der Waals surface area contributed by atoms with Gasteiger partial charge < -0.3 is 9.13 Å². The van der Waals surface area contributed by atoms with Gasteiger partial charge in [-0.1, -0.05) is 54.6 Å². The van der Waals surface area contributed by atoms with Crippen molar-refractivity contribution >= 4 is 43.6 Å². The number of aromatic nitrogens is 2. The molecule has 0 amide bonds. The first-order chi connectivity index (χ1) is 26.3. The van der Waals surface area contributed by atoms with Crippen LogP contribution in [0.3, 0.4) is 0 Å². The van der Waals surface area contributed by atoms with Crippen molar-refractivity contribution in [3.8, 4) is 28.6 Å². The van der Waals surface area contributed by atoms with E-state index >= 15 is 0 Å². The second-order valence-electron chi connectivity index (χ2n) is 12.9. The lowest BCUT2D eigenvalue weighted by atomic mass is 9.91. The summed E-state index contributed by atoms with van der Waals surface area (Å²) in [6, 6.07) is 22.5. The van der Waals surface area contributed by atoms with Crippen LogP contribution < -0.4 is 0 Å². The number of rotatable bonds is 3. The lowest BCUT2D eigenvalue weighted by Gasteiger charge is -2.22. The van der Waals surface area contributed by atoms with Gasteiger partial charge in [-0.15, -0.1) is 0 Å². The third-order valence-corrected chi connectivity index (χ3v) is 9.66. The number of hydrogen-bond donors (Lipinski definition) is 0. The first-order valence-corrected chi connectivity index (χ1v) is 16.4. The zero-order valence-corrected chi connectivity index (χ0v) is 27.8. The van der Waals surface area contributed by atoms with Crippen molar-refractivity contribution in [2.75, 3.05) is 0 Å². The molecule has 0 spiro atoms. The summed E-state index contributed by atoms with van der Waals surface area (Å²) in [6.45, 7) is 0. The predicted octanol–water partition coefficient (Wildman–Crippen LogP) is 13.5. The second-order valence-corrected chi connectivity index (χ2v) is 12.9. The lowest BCUT2D eigenvalue weighted by Crippen LogP contribution is -2.15. The molecule has 0 bridgehead atoms. The first kappa shape index (κ1) is 36.5. The van der Waals surface area contributed by atoms with Gasteiger partial charge in [-0.25, -0.2) is 0 Å². The summed E-state index contributed by atoms with van der Waals surface area (Å²) in [5.74, 6) is 0. The van der Waals surface area contributed by atoms with Crippen molar-refractivity contribution in [3.05, 3.63) is 143 Å². The Morgan fingerprint density at radius 2 is 0.804 bits per heavy atom. The van der Waals surface area contributed by atoms with Gasteiger partial charge in [0.15, 0.2) is 0 Å². The fraction of sp³-hybridized carbons (Fsp3) is 0.0976. The molecule has 8 aromatic rings. The van der Waals surface area contributed by atoms with Crippen molar-refractivity contribution in [2.24, 2.45) is 0 Å². The zero-order valence-electron chi connectivity index (χ0n) is 27.8. The fourth-order valence-electron chi connectivity index (χ4n) is 7.37. The molecule has 0 aliphatic rings. The SMILES string of the molecule is N#Cc1c(-n2c3ccccc3c3ccc(C(F)(F)F)cc32)cc(-c2c(C(F)(F)F)cccc2C(F)(F)F)cc1-n1c2ccccc2c2ccc(C(F)(F)F)cc21. The summed E-state index contributed by atoms with van der Waals surface area (Å²) in [6.07, 6.45) is -20.6. The Morgan fingerprint density at radius 3 is 1.18 bits per heavy atom. The maximum Gasteiger partial charge on any atom is 0.417 e. The Kier molecular flexibility index (Phi) is 8.02. The van der Waals surface area contributed by atoms with E-state index in [1.165, 1.54) is 36.4 Å². The van der Waals surface area contributed by atoms with Crippen molar-refractivity contribution in [1.29, 1.82) is 5.26 Å². The number of hydrogen-bond acceptors (Lipinski definition) is 1. The Hall–Kier alpha value is -6.43. The van der Waals surface area contributed by atoms with Crippen LogP contribution in [-0.4, -0.2) is 9.13 Å². The van der Waals surface area contributed by atoms with Gasteiger partial charge in [-0.2, -0.15) is 57.9 Å². The van der Waals surface area contributed by atoms with E-state index in [-0.39, 0.29) is 32.8 Å². The van der Waals surface area contributed by atoms with Gasteiger partial charge >= 0.3 is 24.7 Å². The van der Waals surface area contributed by atoms with Gasteiger partial charge in [0.1, 0.15) is 11.6 Å². The highest BCUT2D eigenvalue weighted by molar-refractivity contribution is 6.11. The van der Waals surface area contributed by atoms with Crippen LogP contribution in [0.2, 0.25) is 0 Å². The van der Waals surface area contributed by atoms with Gasteiger partial charge in [-0.3, -0.25) is 0 Å². The molecule has 0 saturated heterocycles. The summed E-state index contributed by atoms with van der Waals surface area (Å²) in [4.78, 5) is 0. The highest BCUT2D eigenvalue weighted by Crippen LogP contribution is 2.48. The van der Waals surface area contributed by atoms with Crippen molar-refractivity contribution in [1.82, 2.24) is 9.13 Å². The van der Waals surface area contributed by atoms with E-state index in [1.807, 2.05) is 6.07 Å². The minimum Gasteiger partial charge on any atom is -0.308 e. The summed E-state index contributed by atoms with van der Waals surface area (Å²) >= 11 is 0. The topological polar surface area (TPSA) is 33.6 Å². The highest BCUT2D eigenvalue weighted by atomic mass is 19.4. The number of alkyl halides is 12. The van der Waals surface area contributed by atoms with Crippen molar-refractivity contribution in [3.63, 3.8) is 0 Å². The number of nitrogens with zero attached hydrogens (tertiary/aromatic N) is 3. The van der Waals surface area contributed by atoms with E-state index < -0.39 is 75.0 Å². The van der Waals surface area contributed by atoms with E-state index in [9.17, 15) is 57.9 Å². The number of benzene rings is 6. The molecule has 0 fully saturated rings. The number of halogens is 12. The summed E-state index contributed by atoms with van der Waals surface area (Å²) < 4.78 is 175. The maximum atomic E-state index is 14.7. The number of para-hydroxylation sites is 2. The molecule has 0 unspecified atom stereocenters. The normalized spacial score (nSPS) is 13.0. The molecule has 3 nitrogen and oxygen atoms in total. The third kappa shape index (κ3) is 5.78. The Balaban J connectivity index is 1.63. The van der Waals surface area contributed by atoms with E-state index in [1.54, 1.807) is 12.1 Å². The Labute approximate surface area is 306 Å². The van der Waals surface area contributed by atoms with Gasteiger partial charge in [0, 0.05) is 27.1 Å². The number of fused-ring (bicyclic) bond motifs is 6. The Bertz CT molecular complexity index is 2750. The molecule has 0 radical (unpaired) electrons. The van der Waals surface area contributed by atoms with Crippen LogP contribution in [0.4, 0.5) is 52.7 Å². The van der Waals surface area contributed by atoms with Crippen LogP contribution >= 0.6 is 0 Å². The largest absolute Gasteiger partial charge is 0.417 e. The van der Waals surface area contributed by atoms with Gasteiger partial charge in [0.2, 0.25) is 0 Å². The van der Waals surface area contributed by atoms with Crippen LogP contribution in [0.15, 0.2) is 115 Å². The minimum atomic E-state index is -5.38. The highest BCUT2D eigenvalue weighted by Gasteiger charge is 2.42. The predicted molar refractivity (Wildman–Crippen MR) is 185 cm³/mol. The average molecular weight is 782 g/mol. The van der Waals surface area contributed by atoms with Crippen molar-refractivity contribution in [2.45, 2.75) is 24.7 Å². The first-order valence-electron chi connectivity index (χ1n) is 16.4. The monoisotopic (exact) mass is 781 g/mol. The molecule has 0 N–H and O–H groups in total. The molecule has 0 atom stereocenters. The minimum absolute atomic E-state index is 0.128. The van der Waals surface area contributed by atoms with Gasteiger partial charge in [-0.05, 0) is 66.2 Å². The van der Waals surface area contributed by atoms with E-state index in [0.717, 1.165) is 57.7 Å². The lowest BCUT2D eigenvalue weighted by molar-refractivity contribution is -0.142. The van der Waals surface area contributed by atoms with Gasteiger partial charge in [0.05, 0.1) is 55.7 Å². The Morgan fingerprint density at radius 1 is 0.411 bits per heavy atom. The van der Waals surface area contributed by atoms with Crippen LogP contribution in [0, 0.1) is 11.3 Å². The molecular formula is C41H19F12N3. The average Bonchev–Trinajstić information content (AvgIpc) is 3.64. The summed E-state index contributed by atoms with van der Waals surface area (Å²) in [7, 11) is 0. The van der Waals surface area contributed by atoms with Crippen LogP contribution in [0.25, 0.3) is 66.1 Å². The van der Waals surface area contributed by atoms with Crippen LogP contribution in [0.5, 0.6) is 0 Å². The molecular weight excluding hydrogens is 762 g/mol. The maximum absolute atomic E-state index is 14.7. The van der Waals surface area contributed by atoms with Crippen molar-refractivity contribution < 1.29 is 52.7 Å². The fourth-order valence-corrected chi connectivity index (χ4v) is 7.37. The smallest absolute Gasteiger partial charge is 0.308 e. The van der Waals surface area contributed by atoms with E-state index in [4.69, 9.17) is 0 Å². The quantitative estimate of drug-likeness (QED) is 0.164. The summed E-state index contributed by atoms with van der Waals surface area (Å²) in [5, 5.41) is 11.9. The second kappa shape index (κ2) is 12.3.